The average Bonchev–Trinajstić information content (AvgIpc) is 3.23. The summed E-state index contributed by atoms with van der Waals surface area (Å²) >= 11 is 1.71. The van der Waals surface area contributed by atoms with Gasteiger partial charge in [-0.25, -0.2) is 4.98 Å². The van der Waals surface area contributed by atoms with Crippen LogP contribution in [-0.4, -0.2) is 36.7 Å². The number of hydrogen-bond acceptors (Lipinski definition) is 5. The highest BCUT2D eigenvalue weighted by Crippen LogP contribution is 2.33. The zero-order chi connectivity index (χ0) is 19.5. The molecule has 0 fully saturated rings. The third-order valence-corrected chi connectivity index (χ3v) is 6.54. The summed E-state index contributed by atoms with van der Waals surface area (Å²) < 4.78 is 7.27. The highest BCUT2D eigenvalue weighted by Gasteiger charge is 2.21. The lowest BCUT2D eigenvalue weighted by Crippen LogP contribution is -3.05. The van der Waals surface area contributed by atoms with E-state index in [1.165, 1.54) is 28.2 Å². The van der Waals surface area contributed by atoms with Crippen molar-refractivity contribution in [2.45, 2.75) is 45.1 Å². The van der Waals surface area contributed by atoms with Crippen LogP contribution in [0, 0.1) is 0 Å². The first-order chi connectivity index (χ1) is 13.6. The number of thiophene rings is 1. The summed E-state index contributed by atoms with van der Waals surface area (Å²) in [6.45, 7) is 2.28. The van der Waals surface area contributed by atoms with Crippen LogP contribution in [0.2, 0.25) is 0 Å². The van der Waals surface area contributed by atoms with Gasteiger partial charge >= 0.3 is 0 Å². The van der Waals surface area contributed by atoms with Gasteiger partial charge in [0, 0.05) is 17.8 Å². The third kappa shape index (κ3) is 4.00. The number of aryl methyl sites for hydroxylation is 2. The summed E-state index contributed by atoms with van der Waals surface area (Å²) in [4.78, 5) is 22.1. The van der Waals surface area contributed by atoms with E-state index >= 15 is 0 Å². The van der Waals surface area contributed by atoms with Crippen LogP contribution in [0.25, 0.3) is 10.2 Å². The van der Waals surface area contributed by atoms with Gasteiger partial charge < -0.3 is 14.6 Å². The maximum absolute atomic E-state index is 13.5. The second-order valence-electron chi connectivity index (χ2n) is 7.89. The summed E-state index contributed by atoms with van der Waals surface area (Å²) in [5, 5.41) is 4.24. The van der Waals surface area contributed by atoms with Gasteiger partial charge in [-0.05, 0) is 43.4 Å². The maximum Gasteiger partial charge on any atom is 0.264 e. The first-order valence-electron chi connectivity index (χ1n) is 10.2. The minimum absolute atomic E-state index is 0.0570. The van der Waals surface area contributed by atoms with Crippen molar-refractivity contribution in [1.82, 2.24) is 9.55 Å². The largest absolute Gasteiger partial charge is 0.467 e. The van der Waals surface area contributed by atoms with E-state index in [2.05, 4.69) is 19.4 Å². The molecule has 0 aliphatic heterocycles. The molecule has 28 heavy (non-hydrogen) atoms. The van der Waals surface area contributed by atoms with Crippen LogP contribution in [-0.2, 0) is 19.4 Å². The Morgan fingerprint density at radius 3 is 2.93 bits per heavy atom. The van der Waals surface area contributed by atoms with E-state index in [1.54, 1.807) is 22.2 Å². The van der Waals surface area contributed by atoms with E-state index in [0.717, 1.165) is 54.7 Å². The van der Waals surface area contributed by atoms with Crippen molar-refractivity contribution >= 4 is 27.5 Å². The molecule has 0 aromatic carbocycles. The van der Waals surface area contributed by atoms with E-state index in [4.69, 9.17) is 9.40 Å². The number of fused-ring (bicyclic) bond motifs is 3. The highest BCUT2D eigenvalue weighted by molar-refractivity contribution is 7.18. The van der Waals surface area contributed by atoms with Crippen molar-refractivity contribution < 1.29 is 9.32 Å². The Balaban J connectivity index is 1.74. The van der Waals surface area contributed by atoms with E-state index < -0.39 is 0 Å². The Labute approximate surface area is 169 Å². The summed E-state index contributed by atoms with van der Waals surface area (Å²) in [5.74, 6) is 1.42. The van der Waals surface area contributed by atoms with E-state index in [9.17, 15) is 4.79 Å². The molecule has 0 saturated carbocycles. The number of rotatable bonds is 7. The van der Waals surface area contributed by atoms with Crippen molar-refractivity contribution in [2.24, 2.45) is 0 Å². The number of nitrogens with zero attached hydrogens (tertiary/aromatic N) is 2. The minimum Gasteiger partial charge on any atom is -0.467 e. The van der Waals surface area contributed by atoms with Gasteiger partial charge in [0.05, 0.1) is 38.8 Å². The minimum atomic E-state index is 0.0570. The van der Waals surface area contributed by atoms with Crippen LogP contribution >= 0.6 is 11.3 Å². The number of anilines is 1. The topological polar surface area (TPSA) is 64.5 Å². The molecule has 3 aromatic rings. The molecule has 7 heteroatoms. The Morgan fingerprint density at radius 1 is 1.29 bits per heavy atom. The average molecular weight is 402 g/mol. The SMILES string of the molecule is C[NH+](C)CCCNc1nc2sc3c(c2c(=O)n1Cc1ccco1)CCCCC3. The van der Waals surface area contributed by atoms with Crippen molar-refractivity contribution in [1.29, 1.82) is 0 Å². The molecule has 4 rings (SSSR count). The van der Waals surface area contributed by atoms with Gasteiger partial charge in [-0.1, -0.05) is 6.42 Å². The number of nitrogens with one attached hydrogen (secondary N) is 2. The summed E-state index contributed by atoms with van der Waals surface area (Å²) in [6, 6.07) is 3.76. The van der Waals surface area contributed by atoms with Gasteiger partial charge in [0.15, 0.2) is 0 Å². The summed E-state index contributed by atoms with van der Waals surface area (Å²) in [7, 11) is 4.30. The normalized spacial score (nSPS) is 14.4. The smallest absolute Gasteiger partial charge is 0.264 e. The fourth-order valence-electron chi connectivity index (χ4n) is 3.90. The molecule has 0 unspecified atom stereocenters. The van der Waals surface area contributed by atoms with E-state index in [0.29, 0.717) is 12.5 Å². The second kappa shape index (κ2) is 8.49. The van der Waals surface area contributed by atoms with Gasteiger partial charge in [0.1, 0.15) is 10.6 Å². The molecule has 0 atom stereocenters. The molecule has 3 aromatic heterocycles. The lowest BCUT2D eigenvalue weighted by atomic mass is 10.1. The zero-order valence-corrected chi connectivity index (χ0v) is 17.5. The zero-order valence-electron chi connectivity index (χ0n) is 16.7. The van der Waals surface area contributed by atoms with Gasteiger partial charge in [0.2, 0.25) is 5.95 Å². The standard InChI is InChI=1S/C21H28N4O2S/c1-24(2)12-7-11-22-21-23-19-18(16-9-4-3-5-10-17(16)28-19)20(26)25(21)14-15-8-6-13-27-15/h6,8,13H,3-5,7,9-12,14H2,1-2H3,(H,22,23)/p+1. The van der Waals surface area contributed by atoms with Crippen LogP contribution in [0.3, 0.4) is 0 Å². The molecule has 150 valence electrons. The molecule has 6 nitrogen and oxygen atoms in total. The number of furan rings is 1. The molecule has 1 aliphatic rings. The molecular weight excluding hydrogens is 372 g/mol. The van der Waals surface area contributed by atoms with Gasteiger partial charge in [-0.15, -0.1) is 11.3 Å². The first-order valence-corrected chi connectivity index (χ1v) is 11.1. The van der Waals surface area contributed by atoms with Gasteiger partial charge in [-0.3, -0.25) is 9.36 Å². The Bertz CT molecular complexity index is 988. The molecule has 0 bridgehead atoms. The molecule has 1 aliphatic carbocycles. The third-order valence-electron chi connectivity index (χ3n) is 5.36. The molecule has 3 heterocycles. The number of quaternary nitrogens is 1. The predicted octanol–water partition coefficient (Wildman–Crippen LogP) is 2.31. The van der Waals surface area contributed by atoms with Crippen molar-refractivity contribution in [3.63, 3.8) is 0 Å². The molecule has 0 amide bonds. The number of aromatic nitrogens is 2. The van der Waals surface area contributed by atoms with Crippen LogP contribution in [0.1, 0.15) is 41.9 Å². The van der Waals surface area contributed by atoms with Crippen LogP contribution in [0.4, 0.5) is 5.95 Å². The Kier molecular flexibility index (Phi) is 5.82. The molecular formula is C21H29N4O2S+. The van der Waals surface area contributed by atoms with Gasteiger partial charge in [0.25, 0.3) is 5.56 Å². The Morgan fingerprint density at radius 2 is 2.14 bits per heavy atom. The van der Waals surface area contributed by atoms with Crippen molar-refractivity contribution in [3.05, 3.63) is 45.0 Å². The van der Waals surface area contributed by atoms with Crippen molar-refractivity contribution in [2.75, 3.05) is 32.5 Å². The fraction of sp³-hybridized carbons (Fsp3) is 0.524. The lowest BCUT2D eigenvalue weighted by molar-refractivity contribution is -0.858. The summed E-state index contributed by atoms with van der Waals surface area (Å²) in [6.07, 6.45) is 8.34. The van der Waals surface area contributed by atoms with Crippen LogP contribution in [0.5, 0.6) is 0 Å². The Hall–Kier alpha value is -2.12. The van der Waals surface area contributed by atoms with E-state index in [1.807, 2.05) is 12.1 Å². The quantitative estimate of drug-likeness (QED) is 0.471. The lowest BCUT2D eigenvalue weighted by Gasteiger charge is -2.14. The highest BCUT2D eigenvalue weighted by atomic mass is 32.1. The number of hydrogen-bond donors (Lipinski definition) is 2. The first kappa shape index (κ1) is 19.2. The second-order valence-corrected chi connectivity index (χ2v) is 8.97. The van der Waals surface area contributed by atoms with E-state index in [-0.39, 0.29) is 5.56 Å². The van der Waals surface area contributed by atoms with Crippen molar-refractivity contribution in [3.8, 4) is 0 Å². The van der Waals surface area contributed by atoms with Crippen LogP contribution < -0.4 is 15.8 Å². The molecule has 0 spiro atoms. The fourth-order valence-corrected chi connectivity index (χ4v) is 5.15. The molecule has 2 N–H and O–H groups in total. The predicted molar refractivity (Wildman–Crippen MR) is 114 cm³/mol. The van der Waals surface area contributed by atoms with Gasteiger partial charge in [-0.2, -0.15) is 0 Å². The summed E-state index contributed by atoms with van der Waals surface area (Å²) in [5.41, 5.74) is 1.30. The molecule has 0 radical (unpaired) electrons. The maximum atomic E-state index is 13.5. The molecule has 0 saturated heterocycles. The monoisotopic (exact) mass is 401 g/mol. The van der Waals surface area contributed by atoms with Crippen LogP contribution in [0.15, 0.2) is 27.6 Å².